The molecule has 0 aliphatic carbocycles. The Morgan fingerprint density at radius 1 is 1.53 bits per heavy atom. The van der Waals surface area contributed by atoms with Gasteiger partial charge in [0.25, 0.3) is 0 Å². The second-order valence-corrected chi connectivity index (χ2v) is 3.96. The average molecular weight is 226 g/mol. The maximum Gasteiger partial charge on any atom is 0.328 e. The van der Waals surface area contributed by atoms with Crippen molar-refractivity contribution in [1.29, 1.82) is 0 Å². The molecule has 3 nitrogen and oxygen atoms in total. The highest BCUT2D eigenvalue weighted by Gasteiger charge is 2.23. The Bertz CT molecular complexity index is 361. The van der Waals surface area contributed by atoms with Gasteiger partial charge in [0.15, 0.2) is 0 Å². The summed E-state index contributed by atoms with van der Waals surface area (Å²) in [4.78, 5) is 11.6. The highest BCUT2D eigenvalue weighted by atomic mass is 35.5. The molecule has 15 heavy (non-hydrogen) atoms. The first-order valence-corrected chi connectivity index (χ1v) is 5.34. The molecule has 0 aromatic heterocycles. The molecule has 1 aliphatic rings. The third-order valence-electron chi connectivity index (χ3n) is 2.36. The molecule has 4 heteroatoms. The Morgan fingerprint density at radius 2 is 2.40 bits per heavy atom. The molecule has 0 saturated carbocycles. The van der Waals surface area contributed by atoms with E-state index in [9.17, 15) is 4.79 Å². The lowest BCUT2D eigenvalue weighted by Gasteiger charge is -2.09. The fourth-order valence-electron chi connectivity index (χ4n) is 1.60. The molecule has 2 rings (SSSR count). The number of hydrogen-bond acceptors (Lipinski definition) is 3. The van der Waals surface area contributed by atoms with Gasteiger partial charge in [0.1, 0.15) is 11.8 Å². The summed E-state index contributed by atoms with van der Waals surface area (Å²) in [6.07, 6.45) is 1.87. The minimum atomic E-state index is -0.227. The predicted molar refractivity (Wildman–Crippen MR) is 58.1 cm³/mol. The van der Waals surface area contributed by atoms with Crippen molar-refractivity contribution in [3.05, 3.63) is 29.3 Å². The van der Waals surface area contributed by atoms with Gasteiger partial charge in [-0.1, -0.05) is 17.7 Å². The lowest BCUT2D eigenvalue weighted by Crippen LogP contribution is -2.34. The second-order valence-electron chi connectivity index (χ2n) is 3.53. The lowest BCUT2D eigenvalue weighted by atomic mass is 10.2. The van der Waals surface area contributed by atoms with Crippen LogP contribution in [0.2, 0.25) is 5.02 Å². The Kier molecular flexibility index (Phi) is 3.23. The van der Waals surface area contributed by atoms with Gasteiger partial charge >= 0.3 is 5.97 Å². The molecule has 0 amide bonds. The molecule has 0 radical (unpaired) electrons. The van der Waals surface area contributed by atoms with E-state index < -0.39 is 0 Å². The van der Waals surface area contributed by atoms with Gasteiger partial charge in [-0.15, -0.1) is 0 Å². The largest absolute Gasteiger partial charge is 0.425 e. The van der Waals surface area contributed by atoms with Crippen molar-refractivity contribution in [3.8, 4) is 5.75 Å². The monoisotopic (exact) mass is 225 g/mol. The predicted octanol–water partition coefficient (Wildman–Crippen LogP) is 2.00. The van der Waals surface area contributed by atoms with Crippen LogP contribution < -0.4 is 10.1 Å². The highest BCUT2D eigenvalue weighted by Crippen LogP contribution is 2.18. The van der Waals surface area contributed by atoms with E-state index in [0.717, 1.165) is 19.4 Å². The quantitative estimate of drug-likeness (QED) is 0.618. The number of hydrogen-bond donors (Lipinski definition) is 1. The van der Waals surface area contributed by atoms with Crippen LogP contribution in [0.3, 0.4) is 0 Å². The van der Waals surface area contributed by atoms with Gasteiger partial charge < -0.3 is 10.1 Å². The van der Waals surface area contributed by atoms with Crippen molar-refractivity contribution in [2.45, 2.75) is 18.9 Å². The number of esters is 1. The summed E-state index contributed by atoms with van der Waals surface area (Å²) in [5, 5.41) is 3.65. The van der Waals surface area contributed by atoms with E-state index in [0.29, 0.717) is 10.8 Å². The number of ether oxygens (including phenoxy) is 1. The molecule has 1 fully saturated rings. The first-order chi connectivity index (χ1) is 7.25. The zero-order chi connectivity index (χ0) is 10.7. The fourth-order valence-corrected chi connectivity index (χ4v) is 1.78. The number of halogens is 1. The summed E-state index contributed by atoms with van der Waals surface area (Å²) in [7, 11) is 0. The van der Waals surface area contributed by atoms with E-state index in [1.165, 1.54) is 0 Å². The molecule has 1 N–H and O–H groups in total. The molecular weight excluding hydrogens is 214 g/mol. The van der Waals surface area contributed by atoms with Gasteiger partial charge in [-0.25, -0.2) is 4.79 Å². The smallest absolute Gasteiger partial charge is 0.328 e. The molecule has 1 saturated heterocycles. The summed E-state index contributed by atoms with van der Waals surface area (Å²) in [6.45, 7) is 0.884. The van der Waals surface area contributed by atoms with E-state index in [2.05, 4.69) is 5.32 Å². The topological polar surface area (TPSA) is 38.3 Å². The van der Waals surface area contributed by atoms with E-state index >= 15 is 0 Å². The number of rotatable bonds is 2. The van der Waals surface area contributed by atoms with Crippen LogP contribution in [0.15, 0.2) is 24.3 Å². The Labute approximate surface area is 93.4 Å². The molecule has 80 valence electrons. The second kappa shape index (κ2) is 4.64. The standard InChI is InChI=1S/C11H12ClNO2/c12-8-3-1-4-9(7-8)15-11(14)10-5-2-6-13-10/h1,3-4,7,10,13H,2,5-6H2/t10-/m0/s1. The van der Waals surface area contributed by atoms with Crippen LogP contribution in [0.5, 0.6) is 5.75 Å². The van der Waals surface area contributed by atoms with Crippen molar-refractivity contribution >= 4 is 17.6 Å². The Balaban J connectivity index is 1.99. The first kappa shape index (κ1) is 10.5. The van der Waals surface area contributed by atoms with Crippen LogP contribution >= 0.6 is 11.6 Å². The summed E-state index contributed by atoms with van der Waals surface area (Å²) >= 11 is 5.78. The highest BCUT2D eigenvalue weighted by molar-refractivity contribution is 6.30. The SMILES string of the molecule is O=C(Oc1cccc(Cl)c1)[C@@H]1CCCN1. The van der Waals surface area contributed by atoms with E-state index in [1.807, 2.05) is 0 Å². The minimum Gasteiger partial charge on any atom is -0.425 e. The summed E-state index contributed by atoms with van der Waals surface area (Å²) < 4.78 is 5.19. The van der Waals surface area contributed by atoms with E-state index in [1.54, 1.807) is 24.3 Å². The van der Waals surface area contributed by atoms with Crippen molar-refractivity contribution in [2.24, 2.45) is 0 Å². The normalized spacial score (nSPS) is 20.2. The van der Waals surface area contributed by atoms with Crippen LogP contribution in [0.4, 0.5) is 0 Å². The van der Waals surface area contributed by atoms with Gasteiger partial charge in [0, 0.05) is 5.02 Å². The molecular formula is C11H12ClNO2. The molecule has 0 unspecified atom stereocenters. The number of nitrogens with one attached hydrogen (secondary N) is 1. The third kappa shape index (κ3) is 2.70. The van der Waals surface area contributed by atoms with Crippen LogP contribution in [0.1, 0.15) is 12.8 Å². The van der Waals surface area contributed by atoms with E-state index in [-0.39, 0.29) is 12.0 Å². The van der Waals surface area contributed by atoms with Crippen LogP contribution in [-0.4, -0.2) is 18.6 Å². The summed E-state index contributed by atoms with van der Waals surface area (Å²) in [6, 6.07) is 6.69. The molecule has 1 aromatic carbocycles. The summed E-state index contributed by atoms with van der Waals surface area (Å²) in [5.41, 5.74) is 0. The van der Waals surface area contributed by atoms with Gasteiger partial charge in [-0.3, -0.25) is 0 Å². The molecule has 0 spiro atoms. The van der Waals surface area contributed by atoms with Gasteiger partial charge in [-0.05, 0) is 37.6 Å². The van der Waals surface area contributed by atoms with Crippen LogP contribution in [-0.2, 0) is 4.79 Å². The Morgan fingerprint density at radius 3 is 3.07 bits per heavy atom. The lowest BCUT2D eigenvalue weighted by molar-refractivity contribution is -0.136. The molecule has 1 atom stereocenters. The van der Waals surface area contributed by atoms with Crippen molar-refractivity contribution in [3.63, 3.8) is 0 Å². The van der Waals surface area contributed by atoms with Crippen molar-refractivity contribution in [1.82, 2.24) is 5.32 Å². The molecule has 1 heterocycles. The maximum atomic E-state index is 11.6. The fraction of sp³-hybridized carbons (Fsp3) is 0.364. The van der Waals surface area contributed by atoms with Gasteiger partial charge in [0.05, 0.1) is 0 Å². The zero-order valence-corrected chi connectivity index (χ0v) is 8.96. The van der Waals surface area contributed by atoms with Gasteiger partial charge in [0.2, 0.25) is 0 Å². The minimum absolute atomic E-state index is 0.163. The molecule has 0 bridgehead atoms. The molecule has 1 aliphatic heterocycles. The number of carbonyl (C=O) groups excluding carboxylic acids is 1. The van der Waals surface area contributed by atoms with Gasteiger partial charge in [-0.2, -0.15) is 0 Å². The van der Waals surface area contributed by atoms with Crippen LogP contribution in [0, 0.1) is 0 Å². The Hall–Kier alpha value is -1.06. The first-order valence-electron chi connectivity index (χ1n) is 4.96. The molecule has 1 aromatic rings. The van der Waals surface area contributed by atoms with E-state index in [4.69, 9.17) is 16.3 Å². The average Bonchev–Trinajstić information content (AvgIpc) is 2.70. The van der Waals surface area contributed by atoms with Crippen molar-refractivity contribution in [2.75, 3.05) is 6.54 Å². The number of benzene rings is 1. The maximum absolute atomic E-state index is 11.6. The zero-order valence-electron chi connectivity index (χ0n) is 8.20. The van der Waals surface area contributed by atoms with Crippen LogP contribution in [0.25, 0.3) is 0 Å². The third-order valence-corrected chi connectivity index (χ3v) is 2.59. The summed E-state index contributed by atoms with van der Waals surface area (Å²) in [5.74, 6) is 0.274. The number of carbonyl (C=O) groups is 1. The van der Waals surface area contributed by atoms with Crippen molar-refractivity contribution < 1.29 is 9.53 Å².